The van der Waals surface area contributed by atoms with Gasteiger partial charge in [0.25, 0.3) is 5.56 Å². The molecule has 0 aliphatic rings. The third-order valence-electron chi connectivity index (χ3n) is 4.21. The van der Waals surface area contributed by atoms with Crippen molar-refractivity contribution in [2.24, 2.45) is 0 Å². The van der Waals surface area contributed by atoms with Gasteiger partial charge in [-0.05, 0) is 23.8 Å². The van der Waals surface area contributed by atoms with Gasteiger partial charge in [0.1, 0.15) is 12.3 Å². The zero-order chi connectivity index (χ0) is 19.9. The number of terminal acetylenes is 1. The Labute approximate surface area is 162 Å². The Bertz CT molecular complexity index is 1080. The van der Waals surface area contributed by atoms with Gasteiger partial charge in [0.05, 0.1) is 24.7 Å². The maximum atomic E-state index is 12.4. The van der Waals surface area contributed by atoms with Crippen molar-refractivity contribution >= 4 is 16.8 Å². The van der Waals surface area contributed by atoms with Crippen molar-refractivity contribution in [1.82, 2.24) is 20.4 Å². The first kappa shape index (κ1) is 19.0. The largest absolute Gasteiger partial charge is 0.497 e. The van der Waals surface area contributed by atoms with Crippen molar-refractivity contribution in [3.63, 3.8) is 0 Å². The van der Waals surface area contributed by atoms with E-state index in [1.165, 1.54) is 4.68 Å². The average Bonchev–Trinajstić information content (AvgIpc) is 2.74. The zero-order valence-corrected chi connectivity index (χ0v) is 15.4. The van der Waals surface area contributed by atoms with E-state index in [9.17, 15) is 9.59 Å². The lowest BCUT2D eigenvalue weighted by Gasteiger charge is -2.11. The molecule has 0 bridgehead atoms. The van der Waals surface area contributed by atoms with Gasteiger partial charge < -0.3 is 15.4 Å². The van der Waals surface area contributed by atoms with E-state index in [0.717, 1.165) is 11.3 Å². The van der Waals surface area contributed by atoms with Crippen molar-refractivity contribution in [2.45, 2.75) is 19.6 Å². The standard InChI is InChI=1S/C21H20N4O3/c1-3-12-25-20(26)18-7-5-4-6-17(18)19(24-25)14-23-21(27)22-13-15-8-10-16(28-2)11-9-15/h1,4-11H,12-14H2,2H3,(H2,22,23,27). The van der Waals surface area contributed by atoms with Crippen LogP contribution in [0.3, 0.4) is 0 Å². The molecular weight excluding hydrogens is 356 g/mol. The molecule has 0 saturated heterocycles. The molecule has 1 aromatic heterocycles. The van der Waals surface area contributed by atoms with Gasteiger partial charge >= 0.3 is 6.03 Å². The molecule has 0 unspecified atom stereocenters. The van der Waals surface area contributed by atoms with Crippen molar-refractivity contribution in [1.29, 1.82) is 0 Å². The number of hydrogen-bond donors (Lipinski definition) is 2. The molecule has 0 spiro atoms. The number of nitrogens with one attached hydrogen (secondary N) is 2. The molecule has 1 heterocycles. The highest BCUT2D eigenvalue weighted by Gasteiger charge is 2.11. The number of methoxy groups -OCH3 is 1. The van der Waals surface area contributed by atoms with Crippen LogP contribution in [-0.4, -0.2) is 22.9 Å². The van der Waals surface area contributed by atoms with Crippen LogP contribution >= 0.6 is 0 Å². The first-order valence-corrected chi connectivity index (χ1v) is 8.69. The van der Waals surface area contributed by atoms with Crippen molar-refractivity contribution < 1.29 is 9.53 Å². The Morgan fingerprint density at radius 1 is 1.11 bits per heavy atom. The van der Waals surface area contributed by atoms with Crippen LogP contribution in [0.2, 0.25) is 0 Å². The van der Waals surface area contributed by atoms with E-state index >= 15 is 0 Å². The maximum Gasteiger partial charge on any atom is 0.315 e. The molecule has 2 N–H and O–H groups in total. The third-order valence-corrected chi connectivity index (χ3v) is 4.21. The maximum absolute atomic E-state index is 12.4. The smallest absolute Gasteiger partial charge is 0.315 e. The average molecular weight is 376 g/mol. The number of benzene rings is 2. The lowest BCUT2D eigenvalue weighted by Crippen LogP contribution is -2.35. The SMILES string of the molecule is C#CCn1nc(CNC(=O)NCc2ccc(OC)cc2)c2ccccc2c1=O. The van der Waals surface area contributed by atoms with Crippen molar-refractivity contribution in [3.05, 3.63) is 70.1 Å². The third kappa shape index (κ3) is 4.30. The van der Waals surface area contributed by atoms with E-state index in [1.54, 1.807) is 25.3 Å². The van der Waals surface area contributed by atoms with Gasteiger partial charge in [-0.25, -0.2) is 9.48 Å². The van der Waals surface area contributed by atoms with Crippen molar-refractivity contribution in [2.75, 3.05) is 7.11 Å². The van der Waals surface area contributed by atoms with Crippen LogP contribution in [-0.2, 0) is 19.6 Å². The fraction of sp³-hybridized carbons (Fsp3) is 0.190. The quantitative estimate of drug-likeness (QED) is 0.645. The van der Waals surface area contributed by atoms with Crippen LogP contribution < -0.4 is 20.9 Å². The molecule has 3 rings (SSSR count). The second kappa shape index (κ2) is 8.73. The highest BCUT2D eigenvalue weighted by Crippen LogP contribution is 2.13. The Morgan fingerprint density at radius 2 is 1.79 bits per heavy atom. The van der Waals surface area contributed by atoms with E-state index in [1.807, 2.05) is 30.3 Å². The van der Waals surface area contributed by atoms with E-state index in [-0.39, 0.29) is 24.7 Å². The molecule has 0 saturated carbocycles. The van der Waals surface area contributed by atoms with Crippen LogP contribution in [0.5, 0.6) is 5.75 Å². The summed E-state index contributed by atoms with van der Waals surface area (Å²) in [4.78, 5) is 24.6. The normalized spacial score (nSPS) is 10.3. The molecule has 2 aromatic carbocycles. The summed E-state index contributed by atoms with van der Waals surface area (Å²) in [6.07, 6.45) is 5.32. The van der Waals surface area contributed by atoms with Gasteiger partial charge in [0.15, 0.2) is 0 Å². The summed E-state index contributed by atoms with van der Waals surface area (Å²) in [5, 5.41) is 11.1. The number of rotatable bonds is 6. The van der Waals surface area contributed by atoms with E-state index in [4.69, 9.17) is 11.2 Å². The molecule has 7 nitrogen and oxygen atoms in total. The Morgan fingerprint density at radius 3 is 2.46 bits per heavy atom. The van der Waals surface area contributed by atoms with E-state index in [0.29, 0.717) is 23.0 Å². The zero-order valence-electron chi connectivity index (χ0n) is 15.4. The van der Waals surface area contributed by atoms with Gasteiger partial charge in [-0.3, -0.25) is 4.79 Å². The molecular formula is C21H20N4O3. The predicted molar refractivity (Wildman–Crippen MR) is 107 cm³/mol. The first-order valence-electron chi connectivity index (χ1n) is 8.69. The molecule has 0 aliphatic heterocycles. The number of nitrogens with zero attached hydrogens (tertiary/aromatic N) is 2. The summed E-state index contributed by atoms with van der Waals surface area (Å²) in [7, 11) is 1.60. The molecule has 3 aromatic rings. The number of carbonyl (C=O) groups excluding carboxylic acids is 1. The summed E-state index contributed by atoms with van der Waals surface area (Å²) in [5.74, 6) is 3.18. The molecule has 0 aliphatic carbocycles. The minimum absolute atomic E-state index is 0.0698. The summed E-state index contributed by atoms with van der Waals surface area (Å²) in [6, 6.07) is 14.2. The fourth-order valence-corrected chi connectivity index (χ4v) is 2.78. The molecule has 0 fully saturated rings. The Balaban J connectivity index is 1.68. The number of carbonyl (C=O) groups is 1. The highest BCUT2D eigenvalue weighted by atomic mass is 16.5. The number of aromatic nitrogens is 2. The van der Waals surface area contributed by atoms with Crippen LogP contribution in [0.15, 0.2) is 53.3 Å². The summed E-state index contributed by atoms with van der Waals surface area (Å²) >= 11 is 0. The number of fused-ring (bicyclic) bond motifs is 1. The molecule has 0 atom stereocenters. The van der Waals surface area contributed by atoms with E-state index in [2.05, 4.69) is 21.7 Å². The van der Waals surface area contributed by atoms with Gasteiger partial charge in [-0.1, -0.05) is 36.3 Å². The van der Waals surface area contributed by atoms with Gasteiger partial charge in [0.2, 0.25) is 0 Å². The minimum Gasteiger partial charge on any atom is -0.497 e. The van der Waals surface area contributed by atoms with Crippen LogP contribution in [0.25, 0.3) is 10.8 Å². The molecule has 28 heavy (non-hydrogen) atoms. The lowest BCUT2D eigenvalue weighted by molar-refractivity contribution is 0.240. The van der Waals surface area contributed by atoms with Crippen LogP contribution in [0.4, 0.5) is 4.79 Å². The first-order chi connectivity index (χ1) is 13.6. The minimum atomic E-state index is -0.337. The number of ether oxygens (including phenoxy) is 1. The molecule has 142 valence electrons. The Hall–Kier alpha value is -3.79. The monoisotopic (exact) mass is 376 g/mol. The van der Waals surface area contributed by atoms with Gasteiger partial charge in [0, 0.05) is 11.9 Å². The van der Waals surface area contributed by atoms with E-state index < -0.39 is 0 Å². The van der Waals surface area contributed by atoms with Crippen LogP contribution in [0, 0.1) is 12.3 Å². The Kier molecular flexibility index (Phi) is 5.92. The second-order valence-corrected chi connectivity index (χ2v) is 6.04. The highest BCUT2D eigenvalue weighted by molar-refractivity contribution is 5.84. The van der Waals surface area contributed by atoms with Gasteiger partial charge in [-0.15, -0.1) is 6.42 Å². The van der Waals surface area contributed by atoms with Gasteiger partial charge in [-0.2, -0.15) is 5.10 Å². The fourth-order valence-electron chi connectivity index (χ4n) is 2.78. The molecule has 0 radical (unpaired) electrons. The molecule has 7 heteroatoms. The van der Waals surface area contributed by atoms with Crippen LogP contribution in [0.1, 0.15) is 11.3 Å². The summed E-state index contributed by atoms with van der Waals surface area (Å²) in [5.41, 5.74) is 1.27. The van der Waals surface area contributed by atoms with Crippen molar-refractivity contribution in [3.8, 4) is 18.1 Å². The number of hydrogen-bond acceptors (Lipinski definition) is 4. The number of amides is 2. The lowest BCUT2D eigenvalue weighted by atomic mass is 10.1. The molecule has 2 amide bonds. The summed E-state index contributed by atoms with van der Waals surface area (Å²) in [6.45, 7) is 0.612. The number of urea groups is 1. The second-order valence-electron chi connectivity index (χ2n) is 6.04. The topological polar surface area (TPSA) is 85.2 Å². The predicted octanol–water partition coefficient (Wildman–Crippen LogP) is 2.04. The summed E-state index contributed by atoms with van der Waals surface area (Å²) < 4.78 is 6.34.